The largest absolute Gasteiger partial charge is 0.491 e. The number of benzene rings is 4. The molecule has 0 bridgehead atoms. The Labute approximate surface area is 275 Å². The smallest absolute Gasteiger partial charge is 0.224 e. The van der Waals surface area contributed by atoms with Gasteiger partial charge in [0.15, 0.2) is 11.6 Å². The molecule has 0 spiro atoms. The number of rotatable bonds is 13. The summed E-state index contributed by atoms with van der Waals surface area (Å²) >= 11 is 6.67. The standard InChI is InChI=1S/C38H41ClF2O5/c1-5-32-25(3)36(44-23-26-13-9-7-10-14-26)37(45-24-27-15-11-8-12-16-27)38(42-4,46-32)30-18-19-31(39)29(22-30)21-28-17-20-33(43-6-2)35(41)34(28)40/h7-20,22,25,32,36-37H,5-6,21,23-24H2,1-4H3/t25-,32-,36+,37-,38+/m1/s1. The number of halogens is 3. The Hall–Kier alpha value is -3.33. The van der Waals surface area contributed by atoms with Gasteiger partial charge in [-0.15, -0.1) is 0 Å². The minimum absolute atomic E-state index is 0.0366. The minimum atomic E-state index is -1.40. The summed E-state index contributed by atoms with van der Waals surface area (Å²) in [4.78, 5) is 0. The molecule has 0 radical (unpaired) electrons. The van der Waals surface area contributed by atoms with E-state index in [4.69, 9.17) is 35.3 Å². The third-order valence-corrected chi connectivity index (χ3v) is 8.99. The fourth-order valence-corrected chi connectivity index (χ4v) is 6.33. The van der Waals surface area contributed by atoms with Gasteiger partial charge in [-0.3, -0.25) is 0 Å². The molecule has 0 amide bonds. The van der Waals surface area contributed by atoms with Gasteiger partial charge >= 0.3 is 0 Å². The van der Waals surface area contributed by atoms with Crippen LogP contribution < -0.4 is 4.74 Å². The van der Waals surface area contributed by atoms with Crippen LogP contribution in [0.1, 0.15) is 55.0 Å². The van der Waals surface area contributed by atoms with Crippen molar-refractivity contribution in [2.45, 2.75) is 70.9 Å². The molecule has 1 fully saturated rings. The molecule has 8 heteroatoms. The van der Waals surface area contributed by atoms with Gasteiger partial charge in [0, 0.05) is 30.0 Å². The van der Waals surface area contributed by atoms with Crippen LogP contribution in [-0.2, 0) is 44.4 Å². The Kier molecular flexibility index (Phi) is 11.5. The molecule has 1 heterocycles. The van der Waals surface area contributed by atoms with Gasteiger partial charge in [-0.05, 0) is 53.8 Å². The molecule has 0 N–H and O–H groups in total. The average Bonchev–Trinajstić information content (AvgIpc) is 3.08. The first-order chi connectivity index (χ1) is 22.3. The van der Waals surface area contributed by atoms with Gasteiger partial charge in [-0.1, -0.05) is 98.2 Å². The highest BCUT2D eigenvalue weighted by Gasteiger charge is 2.56. The van der Waals surface area contributed by atoms with E-state index in [1.165, 1.54) is 12.1 Å². The maximum Gasteiger partial charge on any atom is 0.224 e. The van der Waals surface area contributed by atoms with Gasteiger partial charge < -0.3 is 23.7 Å². The summed E-state index contributed by atoms with van der Waals surface area (Å²) in [5.41, 5.74) is 3.40. The van der Waals surface area contributed by atoms with E-state index in [9.17, 15) is 4.39 Å². The molecule has 0 unspecified atom stereocenters. The Balaban J connectivity index is 1.55. The SMILES string of the molecule is CCOc1ccc(Cc2cc([C@]3(OC)O[C@H](CC)[C@@H](C)[C@H](OCc4ccccc4)[C@H]3OCc3ccccc3)ccc2Cl)c(F)c1F. The van der Waals surface area contributed by atoms with E-state index in [1.54, 1.807) is 20.1 Å². The predicted octanol–water partition coefficient (Wildman–Crippen LogP) is 9.02. The lowest BCUT2D eigenvalue weighted by Crippen LogP contribution is -2.62. The number of hydrogen-bond donors (Lipinski definition) is 0. The van der Waals surface area contributed by atoms with Crippen molar-refractivity contribution in [3.8, 4) is 5.75 Å². The van der Waals surface area contributed by atoms with Gasteiger partial charge in [0.05, 0.1) is 32.0 Å². The first-order valence-corrected chi connectivity index (χ1v) is 16.1. The van der Waals surface area contributed by atoms with Crippen LogP contribution in [0.3, 0.4) is 0 Å². The van der Waals surface area contributed by atoms with Gasteiger partial charge in [-0.2, -0.15) is 4.39 Å². The van der Waals surface area contributed by atoms with Gasteiger partial charge in [-0.25, -0.2) is 4.39 Å². The highest BCUT2D eigenvalue weighted by atomic mass is 35.5. The van der Waals surface area contributed by atoms with Crippen LogP contribution in [0, 0.1) is 17.6 Å². The van der Waals surface area contributed by atoms with Gasteiger partial charge in [0.25, 0.3) is 0 Å². The second-order valence-corrected chi connectivity index (χ2v) is 11.9. The Morgan fingerprint density at radius 2 is 1.46 bits per heavy atom. The maximum absolute atomic E-state index is 15.2. The molecule has 46 heavy (non-hydrogen) atoms. The maximum atomic E-state index is 15.2. The lowest BCUT2D eigenvalue weighted by Gasteiger charge is -2.52. The molecule has 5 rings (SSSR count). The molecule has 244 valence electrons. The van der Waals surface area contributed by atoms with E-state index in [-0.39, 0.29) is 36.4 Å². The topological polar surface area (TPSA) is 46.2 Å². The molecular formula is C38H41ClF2O5. The summed E-state index contributed by atoms with van der Waals surface area (Å²) < 4.78 is 61.8. The zero-order valence-electron chi connectivity index (χ0n) is 26.7. The first kappa shape index (κ1) is 34.0. The van der Waals surface area contributed by atoms with Crippen molar-refractivity contribution in [2.75, 3.05) is 13.7 Å². The molecule has 1 aliphatic heterocycles. The number of methoxy groups -OCH3 is 1. The third-order valence-electron chi connectivity index (χ3n) is 8.62. The van der Waals surface area contributed by atoms with Gasteiger partial charge in [0.1, 0.15) is 6.10 Å². The van der Waals surface area contributed by atoms with E-state index in [1.807, 2.05) is 72.8 Å². The lowest BCUT2D eigenvalue weighted by atomic mass is 9.81. The van der Waals surface area contributed by atoms with E-state index in [0.717, 1.165) is 11.1 Å². The van der Waals surface area contributed by atoms with Crippen molar-refractivity contribution in [2.24, 2.45) is 5.92 Å². The lowest BCUT2D eigenvalue weighted by molar-refractivity contribution is -0.369. The zero-order chi connectivity index (χ0) is 32.7. The van der Waals surface area contributed by atoms with Crippen molar-refractivity contribution in [3.63, 3.8) is 0 Å². The molecule has 0 saturated carbocycles. The van der Waals surface area contributed by atoms with Gasteiger partial charge in [0.2, 0.25) is 11.6 Å². The monoisotopic (exact) mass is 650 g/mol. The highest BCUT2D eigenvalue weighted by molar-refractivity contribution is 6.31. The normalized spacial score (nSPS) is 22.9. The van der Waals surface area contributed by atoms with E-state index in [2.05, 4.69) is 13.8 Å². The van der Waals surface area contributed by atoms with Crippen LogP contribution >= 0.6 is 11.6 Å². The molecule has 4 aromatic carbocycles. The number of ether oxygens (including phenoxy) is 5. The quantitative estimate of drug-likeness (QED) is 0.145. The van der Waals surface area contributed by atoms with Crippen LogP contribution in [0.4, 0.5) is 8.78 Å². The van der Waals surface area contributed by atoms with Crippen molar-refractivity contribution in [1.82, 2.24) is 0 Å². The molecule has 4 aromatic rings. The van der Waals surface area contributed by atoms with Crippen LogP contribution in [-0.4, -0.2) is 32.0 Å². The molecule has 0 aliphatic carbocycles. The molecular weight excluding hydrogens is 610 g/mol. The second kappa shape index (κ2) is 15.5. The van der Waals surface area contributed by atoms with Crippen molar-refractivity contribution in [3.05, 3.63) is 135 Å². The number of hydrogen-bond acceptors (Lipinski definition) is 5. The zero-order valence-corrected chi connectivity index (χ0v) is 27.4. The summed E-state index contributed by atoms with van der Waals surface area (Å²) in [6, 6.07) is 28.2. The van der Waals surface area contributed by atoms with E-state index in [0.29, 0.717) is 35.8 Å². The highest BCUT2D eigenvalue weighted by Crippen LogP contribution is 2.46. The summed E-state index contributed by atoms with van der Waals surface area (Å²) in [5.74, 6) is -3.56. The Morgan fingerprint density at radius 3 is 2.07 bits per heavy atom. The second-order valence-electron chi connectivity index (χ2n) is 11.5. The average molecular weight is 651 g/mol. The Bertz CT molecular complexity index is 1570. The van der Waals surface area contributed by atoms with E-state index >= 15 is 4.39 Å². The van der Waals surface area contributed by atoms with Crippen LogP contribution in [0.5, 0.6) is 5.75 Å². The van der Waals surface area contributed by atoms with Crippen molar-refractivity contribution < 1.29 is 32.5 Å². The fourth-order valence-electron chi connectivity index (χ4n) is 6.15. The van der Waals surface area contributed by atoms with Crippen LogP contribution in [0.25, 0.3) is 0 Å². The first-order valence-electron chi connectivity index (χ1n) is 15.7. The van der Waals surface area contributed by atoms with Crippen molar-refractivity contribution >= 4 is 11.6 Å². The fraction of sp³-hybridized carbons (Fsp3) is 0.368. The molecule has 1 saturated heterocycles. The summed E-state index contributed by atoms with van der Waals surface area (Å²) in [7, 11) is 1.59. The molecule has 5 atom stereocenters. The summed E-state index contributed by atoms with van der Waals surface area (Å²) in [6.45, 7) is 6.80. The third kappa shape index (κ3) is 7.29. The minimum Gasteiger partial charge on any atom is -0.491 e. The summed E-state index contributed by atoms with van der Waals surface area (Å²) in [5, 5.41) is 0.401. The predicted molar refractivity (Wildman–Crippen MR) is 175 cm³/mol. The Morgan fingerprint density at radius 1 is 0.804 bits per heavy atom. The molecule has 1 aliphatic rings. The molecule has 0 aromatic heterocycles. The molecule has 5 nitrogen and oxygen atoms in total. The van der Waals surface area contributed by atoms with Crippen molar-refractivity contribution in [1.29, 1.82) is 0 Å². The van der Waals surface area contributed by atoms with Crippen LogP contribution in [0.15, 0.2) is 91.0 Å². The van der Waals surface area contributed by atoms with Crippen LogP contribution in [0.2, 0.25) is 5.02 Å². The van der Waals surface area contributed by atoms with E-state index < -0.39 is 29.6 Å². The summed E-state index contributed by atoms with van der Waals surface area (Å²) in [6.07, 6.45) is -0.597.